The highest BCUT2D eigenvalue weighted by molar-refractivity contribution is 5.85. The Hall–Kier alpha value is -1.43. The third-order valence-electron chi connectivity index (χ3n) is 3.81. The Morgan fingerprint density at radius 2 is 2.05 bits per heavy atom. The first-order valence-corrected chi connectivity index (χ1v) is 6.91. The van der Waals surface area contributed by atoms with E-state index in [4.69, 9.17) is 5.73 Å². The monoisotopic (exact) mass is 309 g/mol. The molecule has 1 atom stereocenters. The van der Waals surface area contributed by atoms with Gasteiger partial charge in [0.25, 0.3) is 0 Å². The van der Waals surface area contributed by atoms with Gasteiger partial charge in [-0.15, -0.1) is 12.4 Å². The Bertz CT molecular complexity index is 567. The minimum atomic E-state index is 0. The maximum Gasteiger partial charge on any atom is 0.153 e. The van der Waals surface area contributed by atoms with E-state index in [9.17, 15) is 0 Å². The van der Waals surface area contributed by atoms with Gasteiger partial charge in [-0.05, 0) is 40.0 Å². The lowest BCUT2D eigenvalue weighted by atomic mass is 10.1. The Labute approximate surface area is 132 Å². The maximum atomic E-state index is 5.73. The fourth-order valence-electron chi connectivity index (χ4n) is 2.19. The van der Waals surface area contributed by atoms with Gasteiger partial charge in [0.15, 0.2) is 5.82 Å². The largest absolute Gasteiger partial charge is 0.329 e. The van der Waals surface area contributed by atoms with Crippen molar-refractivity contribution in [3.63, 3.8) is 0 Å². The molecule has 0 spiro atoms. The van der Waals surface area contributed by atoms with Crippen molar-refractivity contribution < 1.29 is 0 Å². The van der Waals surface area contributed by atoms with E-state index in [1.165, 1.54) is 5.56 Å². The average Bonchev–Trinajstić information content (AvgIpc) is 2.75. The molecule has 116 valence electrons. The lowest BCUT2D eigenvalue weighted by Crippen LogP contribution is -2.35. The number of pyridine rings is 1. The van der Waals surface area contributed by atoms with Gasteiger partial charge in [-0.25, -0.2) is 9.67 Å². The molecule has 2 aromatic heterocycles. The summed E-state index contributed by atoms with van der Waals surface area (Å²) in [6, 6.07) is 6.20. The molecule has 2 heterocycles. The van der Waals surface area contributed by atoms with Crippen LogP contribution < -0.4 is 5.73 Å². The summed E-state index contributed by atoms with van der Waals surface area (Å²) in [5.41, 5.74) is 9.16. The molecule has 2 rings (SSSR count). The summed E-state index contributed by atoms with van der Waals surface area (Å²) in [6.07, 6.45) is 1.79. The van der Waals surface area contributed by atoms with Crippen molar-refractivity contribution in [2.75, 3.05) is 13.6 Å². The first kappa shape index (κ1) is 17.6. The van der Waals surface area contributed by atoms with Gasteiger partial charge in [-0.2, -0.15) is 5.10 Å². The van der Waals surface area contributed by atoms with E-state index in [0.717, 1.165) is 23.8 Å². The summed E-state index contributed by atoms with van der Waals surface area (Å²) in [5, 5.41) is 4.61. The van der Waals surface area contributed by atoms with Crippen molar-refractivity contribution in [2.24, 2.45) is 5.73 Å². The smallest absolute Gasteiger partial charge is 0.153 e. The standard InChI is InChI=1S/C15H23N5.ClH/c1-11(9-16)19(4)10-14-12(2)18-20(13(14)3)15-7-5-6-8-17-15;/h5-8,11H,9-10,16H2,1-4H3;1H. The number of rotatable bonds is 5. The van der Waals surface area contributed by atoms with E-state index in [-0.39, 0.29) is 12.4 Å². The summed E-state index contributed by atoms with van der Waals surface area (Å²) < 4.78 is 1.91. The molecule has 0 aliphatic rings. The molecule has 0 saturated heterocycles. The van der Waals surface area contributed by atoms with E-state index in [1.807, 2.05) is 29.8 Å². The normalized spacial score (nSPS) is 12.3. The van der Waals surface area contributed by atoms with E-state index in [2.05, 4.69) is 35.9 Å². The second kappa shape index (κ2) is 7.54. The fraction of sp³-hybridized carbons (Fsp3) is 0.467. The highest BCUT2D eigenvalue weighted by Gasteiger charge is 2.16. The van der Waals surface area contributed by atoms with Crippen molar-refractivity contribution in [1.82, 2.24) is 19.7 Å². The second-order valence-electron chi connectivity index (χ2n) is 5.25. The van der Waals surface area contributed by atoms with Gasteiger partial charge in [0.2, 0.25) is 0 Å². The number of halogens is 1. The van der Waals surface area contributed by atoms with Crippen molar-refractivity contribution in [3.8, 4) is 5.82 Å². The predicted octanol–water partition coefficient (Wildman–Crippen LogP) is 2.08. The Morgan fingerprint density at radius 1 is 1.33 bits per heavy atom. The average molecular weight is 310 g/mol. The van der Waals surface area contributed by atoms with Gasteiger partial charge in [0.1, 0.15) is 0 Å². The number of hydrogen-bond donors (Lipinski definition) is 1. The van der Waals surface area contributed by atoms with Crippen LogP contribution >= 0.6 is 12.4 Å². The minimum absolute atomic E-state index is 0. The van der Waals surface area contributed by atoms with Gasteiger partial charge in [0, 0.05) is 36.6 Å². The first-order chi connectivity index (χ1) is 9.54. The third kappa shape index (κ3) is 3.81. The van der Waals surface area contributed by atoms with Gasteiger partial charge in [-0.3, -0.25) is 4.90 Å². The molecular formula is C15H24ClN5. The SMILES string of the molecule is Cc1nn(-c2ccccn2)c(C)c1CN(C)C(C)CN.Cl. The van der Waals surface area contributed by atoms with Crippen LogP contribution in [0.5, 0.6) is 0 Å². The summed E-state index contributed by atoms with van der Waals surface area (Å²) in [5.74, 6) is 0.855. The van der Waals surface area contributed by atoms with Gasteiger partial charge >= 0.3 is 0 Å². The predicted molar refractivity (Wildman–Crippen MR) is 88.1 cm³/mol. The molecule has 0 saturated carbocycles. The lowest BCUT2D eigenvalue weighted by Gasteiger charge is -2.23. The summed E-state index contributed by atoms with van der Waals surface area (Å²) in [6.45, 7) is 7.77. The molecular weight excluding hydrogens is 286 g/mol. The van der Waals surface area contributed by atoms with Crippen LogP contribution in [0.1, 0.15) is 23.9 Å². The van der Waals surface area contributed by atoms with Crippen LogP contribution in [0, 0.1) is 13.8 Å². The van der Waals surface area contributed by atoms with E-state index in [1.54, 1.807) is 6.20 Å². The Balaban J connectivity index is 0.00000220. The summed E-state index contributed by atoms with van der Waals surface area (Å²) >= 11 is 0. The summed E-state index contributed by atoms with van der Waals surface area (Å²) in [7, 11) is 2.09. The minimum Gasteiger partial charge on any atom is -0.329 e. The molecule has 6 heteroatoms. The molecule has 0 amide bonds. The zero-order valence-corrected chi connectivity index (χ0v) is 13.9. The third-order valence-corrected chi connectivity index (χ3v) is 3.81. The number of nitrogens with zero attached hydrogens (tertiary/aromatic N) is 4. The zero-order valence-electron chi connectivity index (χ0n) is 13.1. The lowest BCUT2D eigenvalue weighted by molar-refractivity contribution is 0.254. The quantitative estimate of drug-likeness (QED) is 0.918. The number of nitrogens with two attached hydrogens (primary N) is 1. The number of aromatic nitrogens is 3. The van der Waals surface area contributed by atoms with Crippen LogP contribution in [0.25, 0.3) is 5.82 Å². The second-order valence-corrected chi connectivity index (χ2v) is 5.25. The van der Waals surface area contributed by atoms with Gasteiger partial charge < -0.3 is 5.73 Å². The molecule has 0 aliphatic heterocycles. The number of aryl methyl sites for hydroxylation is 1. The van der Waals surface area contributed by atoms with Crippen LogP contribution in [-0.2, 0) is 6.54 Å². The highest BCUT2D eigenvalue weighted by atomic mass is 35.5. The molecule has 0 aliphatic carbocycles. The van der Waals surface area contributed by atoms with E-state index >= 15 is 0 Å². The molecule has 2 N–H and O–H groups in total. The first-order valence-electron chi connectivity index (χ1n) is 6.91. The fourth-order valence-corrected chi connectivity index (χ4v) is 2.19. The van der Waals surface area contributed by atoms with Crippen LogP contribution in [0.15, 0.2) is 24.4 Å². The molecule has 0 aromatic carbocycles. The van der Waals surface area contributed by atoms with Crippen molar-refractivity contribution >= 4 is 12.4 Å². The molecule has 2 aromatic rings. The van der Waals surface area contributed by atoms with Gasteiger partial charge in [0.05, 0.1) is 5.69 Å². The Kier molecular flexibility index (Phi) is 6.33. The maximum absolute atomic E-state index is 5.73. The Morgan fingerprint density at radius 3 is 2.62 bits per heavy atom. The highest BCUT2D eigenvalue weighted by Crippen LogP contribution is 2.18. The molecule has 1 unspecified atom stereocenters. The molecule has 0 fully saturated rings. The van der Waals surface area contributed by atoms with E-state index < -0.39 is 0 Å². The van der Waals surface area contributed by atoms with Crippen LogP contribution in [0.3, 0.4) is 0 Å². The molecule has 21 heavy (non-hydrogen) atoms. The van der Waals surface area contributed by atoms with Crippen molar-refractivity contribution in [1.29, 1.82) is 0 Å². The van der Waals surface area contributed by atoms with Crippen LogP contribution in [0.2, 0.25) is 0 Å². The number of hydrogen-bond acceptors (Lipinski definition) is 4. The topological polar surface area (TPSA) is 60.0 Å². The zero-order chi connectivity index (χ0) is 14.7. The number of likely N-dealkylation sites (N-methyl/N-ethyl adjacent to an activating group) is 1. The molecule has 0 radical (unpaired) electrons. The molecule has 0 bridgehead atoms. The van der Waals surface area contributed by atoms with Crippen molar-refractivity contribution in [3.05, 3.63) is 41.3 Å². The van der Waals surface area contributed by atoms with Crippen molar-refractivity contribution in [2.45, 2.75) is 33.4 Å². The van der Waals surface area contributed by atoms with Gasteiger partial charge in [-0.1, -0.05) is 6.07 Å². The molecule has 5 nitrogen and oxygen atoms in total. The van der Waals surface area contributed by atoms with Crippen LogP contribution in [-0.4, -0.2) is 39.3 Å². The van der Waals surface area contributed by atoms with E-state index in [0.29, 0.717) is 12.6 Å². The van der Waals surface area contributed by atoms with Crippen LogP contribution in [0.4, 0.5) is 0 Å². The summed E-state index contributed by atoms with van der Waals surface area (Å²) in [4.78, 5) is 6.61.